The topological polar surface area (TPSA) is 76.1 Å². The van der Waals surface area contributed by atoms with E-state index >= 15 is 0 Å². The third-order valence-electron chi connectivity index (χ3n) is 3.90. The Morgan fingerprint density at radius 2 is 1.80 bits per heavy atom. The molecule has 0 aliphatic rings. The minimum atomic E-state index is -1.62. The summed E-state index contributed by atoms with van der Waals surface area (Å²) in [6.07, 6.45) is -0.0706. The summed E-state index contributed by atoms with van der Waals surface area (Å²) in [6, 6.07) is 5.29. The minimum absolute atomic E-state index is 0.245. The molecular weight excluding hydrogens is 322 g/mol. The molecular formula is C19H29NO5. The predicted molar refractivity (Wildman–Crippen MR) is 95.9 cm³/mol. The fourth-order valence-electron chi connectivity index (χ4n) is 2.62. The van der Waals surface area contributed by atoms with Crippen molar-refractivity contribution in [3.63, 3.8) is 0 Å². The number of carbonyl (C=O) groups is 2. The van der Waals surface area contributed by atoms with Crippen molar-refractivity contribution in [2.24, 2.45) is 0 Å². The number of carboxylic acid groups (broad SMARTS) is 1. The quantitative estimate of drug-likeness (QED) is 0.840. The largest absolute Gasteiger partial charge is 0.496 e. The van der Waals surface area contributed by atoms with Crippen molar-refractivity contribution < 1.29 is 24.2 Å². The summed E-state index contributed by atoms with van der Waals surface area (Å²) in [5, 5.41) is 10.0. The van der Waals surface area contributed by atoms with Gasteiger partial charge in [-0.05, 0) is 53.2 Å². The molecule has 25 heavy (non-hydrogen) atoms. The Morgan fingerprint density at radius 1 is 1.20 bits per heavy atom. The van der Waals surface area contributed by atoms with E-state index in [1.165, 1.54) is 18.9 Å². The highest BCUT2D eigenvalue weighted by molar-refractivity contribution is 5.86. The van der Waals surface area contributed by atoms with Crippen LogP contribution in [0, 0.1) is 6.92 Å². The third-order valence-corrected chi connectivity index (χ3v) is 3.90. The summed E-state index contributed by atoms with van der Waals surface area (Å²) in [5.74, 6) is -0.726. The maximum absolute atomic E-state index is 12.8. The minimum Gasteiger partial charge on any atom is -0.496 e. The molecule has 1 atom stereocenters. The van der Waals surface area contributed by atoms with Crippen LogP contribution in [0.4, 0.5) is 4.79 Å². The van der Waals surface area contributed by atoms with E-state index in [1.807, 2.05) is 19.9 Å². The number of nitrogens with zero attached hydrogens (tertiary/aromatic N) is 1. The van der Waals surface area contributed by atoms with Gasteiger partial charge in [0.05, 0.1) is 7.11 Å². The van der Waals surface area contributed by atoms with Crippen LogP contribution in [0.25, 0.3) is 0 Å². The summed E-state index contributed by atoms with van der Waals surface area (Å²) in [7, 11) is 1.48. The summed E-state index contributed by atoms with van der Waals surface area (Å²) in [4.78, 5) is 26.3. The second-order valence-electron chi connectivity index (χ2n) is 7.21. The summed E-state index contributed by atoms with van der Waals surface area (Å²) >= 11 is 0. The molecule has 0 radical (unpaired) electrons. The van der Waals surface area contributed by atoms with Crippen LogP contribution in [0.5, 0.6) is 5.75 Å². The van der Waals surface area contributed by atoms with Crippen LogP contribution >= 0.6 is 0 Å². The van der Waals surface area contributed by atoms with Crippen LogP contribution in [-0.2, 0) is 15.1 Å². The normalized spacial score (nSPS) is 13.7. The highest BCUT2D eigenvalue weighted by Crippen LogP contribution is 2.37. The molecule has 0 fully saturated rings. The van der Waals surface area contributed by atoms with Crippen molar-refractivity contribution in [3.05, 3.63) is 29.3 Å². The molecule has 1 aromatic rings. The van der Waals surface area contributed by atoms with Gasteiger partial charge in [-0.15, -0.1) is 0 Å². The van der Waals surface area contributed by atoms with E-state index in [-0.39, 0.29) is 6.54 Å². The fourth-order valence-corrected chi connectivity index (χ4v) is 2.62. The first kappa shape index (κ1) is 20.8. The number of hydrogen-bond donors (Lipinski definition) is 1. The van der Waals surface area contributed by atoms with Gasteiger partial charge in [-0.1, -0.05) is 18.6 Å². The Balaban J connectivity index is 3.55. The monoisotopic (exact) mass is 351 g/mol. The first-order valence-electron chi connectivity index (χ1n) is 8.36. The summed E-state index contributed by atoms with van der Waals surface area (Å²) in [6.45, 7) is 10.7. The molecule has 1 N–H and O–H groups in total. The van der Waals surface area contributed by atoms with Gasteiger partial charge in [0, 0.05) is 12.1 Å². The van der Waals surface area contributed by atoms with E-state index in [0.29, 0.717) is 17.7 Å². The van der Waals surface area contributed by atoms with Crippen LogP contribution in [0.1, 0.15) is 52.2 Å². The zero-order chi connectivity index (χ0) is 19.4. The maximum atomic E-state index is 12.8. The number of amides is 1. The average molecular weight is 351 g/mol. The van der Waals surface area contributed by atoms with Gasteiger partial charge in [-0.25, -0.2) is 9.59 Å². The van der Waals surface area contributed by atoms with E-state index in [4.69, 9.17) is 9.47 Å². The van der Waals surface area contributed by atoms with E-state index in [9.17, 15) is 14.7 Å². The molecule has 0 aliphatic carbocycles. The Bertz CT molecular complexity index is 635. The molecule has 140 valence electrons. The molecule has 6 nitrogen and oxygen atoms in total. The number of aliphatic carboxylic acids is 1. The number of aryl methyl sites for hydroxylation is 1. The summed E-state index contributed by atoms with van der Waals surface area (Å²) < 4.78 is 10.8. The zero-order valence-electron chi connectivity index (χ0n) is 16.2. The smallest absolute Gasteiger partial charge is 0.411 e. The number of ether oxygens (including phenoxy) is 2. The van der Waals surface area contributed by atoms with Gasteiger partial charge in [0.1, 0.15) is 11.4 Å². The second-order valence-corrected chi connectivity index (χ2v) is 7.21. The highest BCUT2D eigenvalue weighted by atomic mass is 16.6. The van der Waals surface area contributed by atoms with Crippen molar-refractivity contribution in [1.29, 1.82) is 0 Å². The van der Waals surface area contributed by atoms with E-state index in [2.05, 4.69) is 0 Å². The number of benzene rings is 1. The van der Waals surface area contributed by atoms with Gasteiger partial charge in [0.15, 0.2) is 5.54 Å². The lowest BCUT2D eigenvalue weighted by molar-refractivity contribution is -0.151. The van der Waals surface area contributed by atoms with Gasteiger partial charge in [0.25, 0.3) is 0 Å². The van der Waals surface area contributed by atoms with Crippen LogP contribution in [0.2, 0.25) is 0 Å². The molecule has 0 saturated carbocycles. The predicted octanol–water partition coefficient (Wildman–Crippen LogP) is 3.95. The lowest BCUT2D eigenvalue weighted by atomic mass is 9.88. The highest BCUT2D eigenvalue weighted by Gasteiger charge is 2.47. The van der Waals surface area contributed by atoms with Crippen LogP contribution in [0.15, 0.2) is 18.2 Å². The Hall–Kier alpha value is -2.24. The molecule has 0 spiro atoms. The standard InChI is InChI=1S/C19H29NO5/c1-8-11-20(17(23)25-18(3,4)5)19(6,16(21)22)14-12-13(2)9-10-15(14)24-7/h9-10,12H,8,11H2,1-7H3,(H,21,22). The number of methoxy groups -OCH3 is 1. The molecule has 0 saturated heterocycles. The van der Waals surface area contributed by atoms with Crippen molar-refractivity contribution in [2.45, 2.75) is 59.1 Å². The van der Waals surface area contributed by atoms with E-state index < -0.39 is 23.2 Å². The van der Waals surface area contributed by atoms with Gasteiger partial charge in [-0.3, -0.25) is 4.90 Å². The van der Waals surface area contributed by atoms with Crippen LogP contribution in [0.3, 0.4) is 0 Å². The first-order chi connectivity index (χ1) is 11.5. The maximum Gasteiger partial charge on any atom is 0.411 e. The molecule has 1 aromatic carbocycles. The van der Waals surface area contributed by atoms with Gasteiger partial charge < -0.3 is 14.6 Å². The molecule has 1 unspecified atom stereocenters. The fraction of sp³-hybridized carbons (Fsp3) is 0.579. The first-order valence-corrected chi connectivity index (χ1v) is 8.36. The lowest BCUT2D eigenvalue weighted by Gasteiger charge is -2.39. The molecule has 0 bridgehead atoms. The number of carbonyl (C=O) groups excluding carboxylic acids is 1. The molecule has 1 rings (SSSR count). The molecule has 6 heteroatoms. The number of hydrogen-bond acceptors (Lipinski definition) is 4. The SMILES string of the molecule is CCCN(C(=O)OC(C)(C)C)C(C)(C(=O)O)c1cc(C)ccc1OC. The van der Waals surface area contributed by atoms with Crippen molar-refractivity contribution in [3.8, 4) is 5.75 Å². The van der Waals surface area contributed by atoms with Crippen LogP contribution in [-0.4, -0.2) is 41.3 Å². The lowest BCUT2D eigenvalue weighted by Crippen LogP contribution is -2.54. The van der Waals surface area contributed by atoms with Gasteiger partial charge in [0.2, 0.25) is 0 Å². The van der Waals surface area contributed by atoms with Crippen molar-refractivity contribution in [2.75, 3.05) is 13.7 Å². The Kier molecular flexibility index (Phi) is 6.46. The van der Waals surface area contributed by atoms with Gasteiger partial charge >= 0.3 is 12.1 Å². The molecule has 0 heterocycles. The number of carboxylic acids is 1. The molecule has 0 aromatic heterocycles. The van der Waals surface area contributed by atoms with Crippen molar-refractivity contribution in [1.82, 2.24) is 4.90 Å². The average Bonchev–Trinajstić information content (AvgIpc) is 2.49. The number of rotatable bonds is 6. The Morgan fingerprint density at radius 3 is 2.24 bits per heavy atom. The molecule has 1 amide bonds. The third kappa shape index (κ3) is 4.65. The second kappa shape index (κ2) is 7.76. The van der Waals surface area contributed by atoms with E-state index in [0.717, 1.165) is 5.56 Å². The van der Waals surface area contributed by atoms with Crippen LogP contribution < -0.4 is 4.74 Å². The zero-order valence-corrected chi connectivity index (χ0v) is 16.2. The summed E-state index contributed by atoms with van der Waals surface area (Å²) in [5.41, 5.74) is -1.04. The molecule has 0 aliphatic heterocycles. The van der Waals surface area contributed by atoms with E-state index in [1.54, 1.807) is 32.9 Å². The van der Waals surface area contributed by atoms with Crippen molar-refractivity contribution >= 4 is 12.1 Å². The van der Waals surface area contributed by atoms with Gasteiger partial charge in [-0.2, -0.15) is 0 Å². The Labute approximate surface area is 149 Å².